The van der Waals surface area contributed by atoms with Crippen molar-refractivity contribution in [1.29, 1.82) is 0 Å². The predicted molar refractivity (Wildman–Crippen MR) is 82.2 cm³/mol. The van der Waals surface area contributed by atoms with Gasteiger partial charge in [0, 0.05) is 5.41 Å². The van der Waals surface area contributed by atoms with Crippen molar-refractivity contribution in [2.75, 3.05) is 19.8 Å². The number of hydrogen-bond acceptors (Lipinski definition) is 4. The molecule has 0 aliphatic carbocycles. The minimum Gasteiger partial charge on any atom is -0.490 e. The average Bonchev–Trinajstić information content (AvgIpc) is 2.48. The predicted octanol–water partition coefficient (Wildman–Crippen LogP) is 3.77. The fraction of sp³-hybridized carbons (Fsp3) is 0.588. The van der Waals surface area contributed by atoms with Crippen LogP contribution in [0.15, 0.2) is 12.1 Å². The van der Waals surface area contributed by atoms with Gasteiger partial charge in [-0.1, -0.05) is 27.2 Å². The van der Waals surface area contributed by atoms with Gasteiger partial charge in [0.05, 0.1) is 30.9 Å². The number of benzene rings is 1. The maximum Gasteiger partial charge on any atom is 0.335 e. The molecule has 0 unspecified atom stereocenters. The van der Waals surface area contributed by atoms with Gasteiger partial charge in [-0.15, -0.1) is 0 Å². The summed E-state index contributed by atoms with van der Waals surface area (Å²) in [5, 5.41) is 9.13. The summed E-state index contributed by atoms with van der Waals surface area (Å²) < 4.78 is 31.1. The highest BCUT2D eigenvalue weighted by Gasteiger charge is 2.32. The second-order valence-electron chi connectivity index (χ2n) is 6.50. The van der Waals surface area contributed by atoms with Crippen LogP contribution in [-0.2, 0) is 9.47 Å². The number of hydrogen-bond donors (Lipinski definition) is 1. The fourth-order valence-electron chi connectivity index (χ4n) is 2.26. The number of carbonyl (C=O) groups is 1. The summed E-state index contributed by atoms with van der Waals surface area (Å²) in [6.07, 6.45) is 0.863. The molecule has 1 fully saturated rings. The SMILES string of the molecule is CCCCOc1c(F)cc(C(=O)O)cc1C1OCC(C)(C)CO1. The summed E-state index contributed by atoms with van der Waals surface area (Å²) in [6.45, 7) is 7.22. The number of carboxylic acid groups (broad SMARTS) is 1. The molecule has 0 bridgehead atoms. The second kappa shape index (κ2) is 7.27. The molecule has 0 saturated carbocycles. The molecular weight excluding hydrogens is 303 g/mol. The van der Waals surface area contributed by atoms with Crippen LogP contribution in [0.25, 0.3) is 0 Å². The molecule has 1 N–H and O–H groups in total. The molecule has 1 heterocycles. The Morgan fingerprint density at radius 3 is 2.61 bits per heavy atom. The Hall–Kier alpha value is -1.66. The third-order valence-corrected chi connectivity index (χ3v) is 3.57. The van der Waals surface area contributed by atoms with Crippen molar-refractivity contribution in [1.82, 2.24) is 0 Å². The van der Waals surface area contributed by atoms with E-state index in [1.165, 1.54) is 6.07 Å². The zero-order chi connectivity index (χ0) is 17.0. The van der Waals surface area contributed by atoms with Gasteiger partial charge in [0.1, 0.15) is 0 Å². The lowest BCUT2D eigenvalue weighted by Crippen LogP contribution is -2.34. The lowest BCUT2D eigenvalue weighted by molar-refractivity contribution is -0.226. The van der Waals surface area contributed by atoms with Crippen LogP contribution in [0.4, 0.5) is 4.39 Å². The van der Waals surface area contributed by atoms with E-state index in [0.717, 1.165) is 18.9 Å². The number of unbranched alkanes of at least 4 members (excludes halogenated alkanes) is 1. The Bertz CT molecular complexity index is 560. The molecule has 2 rings (SSSR count). The number of aromatic carboxylic acids is 1. The van der Waals surface area contributed by atoms with Gasteiger partial charge < -0.3 is 19.3 Å². The average molecular weight is 326 g/mol. The normalized spacial score (nSPS) is 17.9. The van der Waals surface area contributed by atoms with Crippen LogP contribution < -0.4 is 4.74 Å². The lowest BCUT2D eigenvalue weighted by atomic mass is 9.95. The quantitative estimate of drug-likeness (QED) is 0.806. The molecule has 1 saturated heterocycles. The molecule has 1 aliphatic heterocycles. The van der Waals surface area contributed by atoms with E-state index in [1.54, 1.807) is 0 Å². The van der Waals surface area contributed by atoms with E-state index in [0.29, 0.717) is 19.8 Å². The van der Waals surface area contributed by atoms with E-state index < -0.39 is 18.1 Å². The van der Waals surface area contributed by atoms with Crippen molar-refractivity contribution in [3.05, 3.63) is 29.1 Å². The van der Waals surface area contributed by atoms with E-state index in [4.69, 9.17) is 19.3 Å². The third kappa shape index (κ3) is 4.42. The first-order valence-corrected chi connectivity index (χ1v) is 7.77. The highest BCUT2D eigenvalue weighted by atomic mass is 19.1. The first-order valence-electron chi connectivity index (χ1n) is 7.77. The summed E-state index contributed by atoms with van der Waals surface area (Å²) >= 11 is 0. The van der Waals surface area contributed by atoms with Crippen LogP contribution in [0.1, 0.15) is 55.8 Å². The van der Waals surface area contributed by atoms with E-state index in [-0.39, 0.29) is 22.3 Å². The van der Waals surface area contributed by atoms with Crippen molar-refractivity contribution in [2.24, 2.45) is 5.41 Å². The molecule has 0 atom stereocenters. The van der Waals surface area contributed by atoms with Gasteiger partial charge in [0.2, 0.25) is 0 Å². The molecule has 128 valence electrons. The van der Waals surface area contributed by atoms with E-state index in [2.05, 4.69) is 0 Å². The number of ether oxygens (including phenoxy) is 3. The molecule has 6 heteroatoms. The smallest absolute Gasteiger partial charge is 0.335 e. The molecule has 23 heavy (non-hydrogen) atoms. The van der Waals surface area contributed by atoms with E-state index in [9.17, 15) is 9.18 Å². The third-order valence-electron chi connectivity index (χ3n) is 3.57. The molecule has 0 spiro atoms. The molecule has 1 aromatic carbocycles. The number of carboxylic acids is 1. The van der Waals surface area contributed by atoms with Gasteiger partial charge in [0.15, 0.2) is 17.9 Å². The van der Waals surface area contributed by atoms with Crippen molar-refractivity contribution in [2.45, 2.75) is 39.9 Å². The minimum atomic E-state index is -1.21. The van der Waals surface area contributed by atoms with Crippen molar-refractivity contribution >= 4 is 5.97 Å². The van der Waals surface area contributed by atoms with Gasteiger partial charge in [-0.25, -0.2) is 9.18 Å². The Morgan fingerprint density at radius 1 is 1.39 bits per heavy atom. The van der Waals surface area contributed by atoms with Crippen LogP contribution >= 0.6 is 0 Å². The monoisotopic (exact) mass is 326 g/mol. The van der Waals surface area contributed by atoms with Crippen molar-refractivity contribution in [3.8, 4) is 5.75 Å². The standard InChI is InChI=1S/C17H23FO5/c1-4-5-6-21-14-12(7-11(15(19)20)8-13(14)18)16-22-9-17(2,3)10-23-16/h7-8,16H,4-6,9-10H2,1-3H3,(H,19,20). The Labute approximate surface area is 135 Å². The summed E-state index contributed by atoms with van der Waals surface area (Å²) in [5.41, 5.74) is -0.00532. The Balaban J connectivity index is 2.31. The van der Waals surface area contributed by atoms with Gasteiger partial charge in [-0.2, -0.15) is 0 Å². The summed E-state index contributed by atoms with van der Waals surface area (Å²) in [7, 11) is 0. The first-order chi connectivity index (χ1) is 10.8. The van der Waals surface area contributed by atoms with Gasteiger partial charge in [0.25, 0.3) is 0 Å². The van der Waals surface area contributed by atoms with Gasteiger partial charge >= 0.3 is 5.97 Å². The van der Waals surface area contributed by atoms with Gasteiger partial charge in [-0.3, -0.25) is 0 Å². The Morgan fingerprint density at radius 2 is 2.04 bits per heavy atom. The molecular formula is C17H23FO5. The van der Waals surface area contributed by atoms with E-state index >= 15 is 0 Å². The number of rotatable bonds is 6. The highest BCUT2D eigenvalue weighted by molar-refractivity contribution is 5.88. The highest BCUT2D eigenvalue weighted by Crippen LogP contribution is 2.37. The first kappa shape index (κ1) is 17.7. The topological polar surface area (TPSA) is 65.0 Å². The molecule has 0 radical (unpaired) electrons. The lowest BCUT2D eigenvalue weighted by Gasteiger charge is -2.35. The van der Waals surface area contributed by atoms with Crippen LogP contribution in [-0.4, -0.2) is 30.9 Å². The van der Waals surface area contributed by atoms with Crippen LogP contribution in [0.2, 0.25) is 0 Å². The number of halogens is 1. The van der Waals surface area contributed by atoms with Crippen molar-refractivity contribution in [3.63, 3.8) is 0 Å². The van der Waals surface area contributed by atoms with Crippen molar-refractivity contribution < 1.29 is 28.5 Å². The molecule has 0 aromatic heterocycles. The molecule has 1 aliphatic rings. The Kier molecular flexibility index (Phi) is 5.59. The minimum absolute atomic E-state index is 0.00755. The second-order valence-corrected chi connectivity index (χ2v) is 6.50. The van der Waals surface area contributed by atoms with Gasteiger partial charge in [-0.05, 0) is 18.6 Å². The van der Waals surface area contributed by atoms with Crippen LogP contribution in [0, 0.1) is 11.2 Å². The molecule has 5 nitrogen and oxygen atoms in total. The maximum absolute atomic E-state index is 14.3. The molecule has 0 amide bonds. The fourth-order valence-corrected chi connectivity index (χ4v) is 2.26. The largest absolute Gasteiger partial charge is 0.490 e. The summed E-state index contributed by atoms with van der Waals surface area (Å²) in [5.74, 6) is -1.91. The molecule has 1 aromatic rings. The van der Waals surface area contributed by atoms with Crippen LogP contribution in [0.5, 0.6) is 5.75 Å². The maximum atomic E-state index is 14.3. The zero-order valence-corrected chi connectivity index (χ0v) is 13.7. The van der Waals surface area contributed by atoms with Crippen LogP contribution in [0.3, 0.4) is 0 Å². The zero-order valence-electron chi connectivity index (χ0n) is 13.7. The van der Waals surface area contributed by atoms with E-state index in [1.807, 2.05) is 20.8 Å². The summed E-state index contributed by atoms with van der Waals surface area (Å²) in [6, 6.07) is 2.32. The summed E-state index contributed by atoms with van der Waals surface area (Å²) in [4.78, 5) is 11.2.